The van der Waals surface area contributed by atoms with Crippen LogP contribution in [0.25, 0.3) is 22.4 Å². The summed E-state index contributed by atoms with van der Waals surface area (Å²) in [6.45, 7) is 3.76. The van der Waals surface area contributed by atoms with Gasteiger partial charge >= 0.3 is 5.97 Å². The first kappa shape index (κ1) is 26.6. The van der Waals surface area contributed by atoms with Crippen molar-refractivity contribution >= 4 is 34.7 Å². The van der Waals surface area contributed by atoms with Crippen LogP contribution in [-0.2, 0) is 11.2 Å². The molecule has 5 rings (SSSR count). The predicted molar refractivity (Wildman–Crippen MR) is 148 cm³/mol. The number of carboxylic acids is 1. The van der Waals surface area contributed by atoms with Crippen molar-refractivity contribution in [2.45, 2.75) is 45.6 Å². The fourth-order valence-electron chi connectivity index (χ4n) is 4.95. The number of hydrogen-bond donors (Lipinski definition) is 2. The highest BCUT2D eigenvalue weighted by atomic mass is 35.5. The highest BCUT2D eigenvalue weighted by molar-refractivity contribution is 6.31. The number of pyridine rings is 1. The van der Waals surface area contributed by atoms with Crippen LogP contribution in [-0.4, -0.2) is 45.8 Å². The van der Waals surface area contributed by atoms with Gasteiger partial charge in [-0.05, 0) is 77.6 Å². The summed E-state index contributed by atoms with van der Waals surface area (Å²) in [5.74, 6) is -0.323. The minimum atomic E-state index is -0.907. The van der Waals surface area contributed by atoms with Crippen LogP contribution in [0.15, 0.2) is 59.2 Å². The number of fused-ring (bicyclic) bond motifs is 1. The van der Waals surface area contributed by atoms with Crippen molar-refractivity contribution in [3.8, 4) is 16.8 Å². The maximum absolute atomic E-state index is 13.5. The van der Waals surface area contributed by atoms with Gasteiger partial charge in [-0.25, -0.2) is 4.98 Å². The number of H-pyrrole nitrogens is 1. The summed E-state index contributed by atoms with van der Waals surface area (Å²) in [5, 5.41) is 21.4. The summed E-state index contributed by atoms with van der Waals surface area (Å²) in [6, 6.07) is 8.59. The number of tetrazole rings is 1. The number of aromatic nitrogens is 7. The van der Waals surface area contributed by atoms with Gasteiger partial charge in [0.2, 0.25) is 0 Å². The molecule has 200 valence electrons. The highest BCUT2D eigenvalue weighted by Gasteiger charge is 2.29. The normalized spacial score (nSPS) is 15.5. The molecule has 0 fully saturated rings. The summed E-state index contributed by atoms with van der Waals surface area (Å²) < 4.78 is 3.26. The molecule has 1 atom stereocenters. The van der Waals surface area contributed by atoms with E-state index in [4.69, 9.17) is 23.2 Å². The van der Waals surface area contributed by atoms with Crippen LogP contribution in [0.3, 0.4) is 0 Å². The summed E-state index contributed by atoms with van der Waals surface area (Å²) in [4.78, 5) is 32.6. The Labute approximate surface area is 233 Å². The molecule has 1 unspecified atom stereocenters. The first-order chi connectivity index (χ1) is 18.8. The Bertz CT molecular complexity index is 1670. The molecule has 39 heavy (non-hydrogen) atoms. The van der Waals surface area contributed by atoms with E-state index in [0.717, 1.165) is 16.8 Å². The monoisotopic (exact) mass is 565 g/mol. The lowest BCUT2D eigenvalue weighted by molar-refractivity contribution is -0.136. The number of nitrogens with zero attached hydrogens (tertiary/aromatic N) is 6. The zero-order chi connectivity index (χ0) is 27.7. The van der Waals surface area contributed by atoms with E-state index in [0.29, 0.717) is 52.6 Å². The molecule has 0 radical (unpaired) electrons. The molecule has 1 aliphatic rings. The molecule has 12 heteroatoms. The molecule has 0 spiro atoms. The van der Waals surface area contributed by atoms with Gasteiger partial charge in [0.25, 0.3) is 5.56 Å². The van der Waals surface area contributed by atoms with Crippen molar-refractivity contribution in [3.05, 3.63) is 92.1 Å². The number of halogens is 2. The van der Waals surface area contributed by atoms with Gasteiger partial charge in [-0.1, -0.05) is 42.3 Å². The fourth-order valence-corrected chi connectivity index (χ4v) is 5.38. The van der Waals surface area contributed by atoms with Gasteiger partial charge in [-0.2, -0.15) is 4.68 Å². The Hall–Kier alpha value is -4.02. The third-order valence-corrected chi connectivity index (χ3v) is 7.29. The molecule has 3 aromatic heterocycles. The Morgan fingerprint density at radius 2 is 2.08 bits per heavy atom. The zero-order valence-electron chi connectivity index (χ0n) is 21.2. The molecule has 1 aliphatic heterocycles. The second-order valence-electron chi connectivity index (χ2n) is 9.16. The van der Waals surface area contributed by atoms with Crippen LogP contribution >= 0.6 is 23.2 Å². The van der Waals surface area contributed by atoms with Crippen molar-refractivity contribution in [2.75, 3.05) is 0 Å². The summed E-state index contributed by atoms with van der Waals surface area (Å²) in [5.41, 5.74) is 4.98. The molecule has 10 nitrogen and oxygen atoms in total. The molecular weight excluding hydrogens is 541 g/mol. The van der Waals surface area contributed by atoms with Crippen molar-refractivity contribution in [1.82, 2.24) is 34.7 Å². The van der Waals surface area contributed by atoms with Crippen LogP contribution in [0.5, 0.6) is 0 Å². The number of aryl methyl sites for hydroxylation is 1. The fraction of sp³-hybridized carbons (Fsp3) is 0.259. The Morgan fingerprint density at radius 3 is 2.77 bits per heavy atom. The second kappa shape index (κ2) is 11.0. The molecule has 0 saturated heterocycles. The lowest BCUT2D eigenvalue weighted by atomic mass is 10.0. The summed E-state index contributed by atoms with van der Waals surface area (Å²) in [6.07, 6.45) is 6.94. The number of aliphatic carboxylic acids is 1. The lowest BCUT2D eigenvalue weighted by Crippen LogP contribution is -2.24. The summed E-state index contributed by atoms with van der Waals surface area (Å²) in [7, 11) is 0. The van der Waals surface area contributed by atoms with Crippen LogP contribution in [0.1, 0.15) is 56.4 Å². The molecular formula is C27H25Cl2N7O3. The maximum atomic E-state index is 13.5. The molecule has 0 saturated carbocycles. The van der Waals surface area contributed by atoms with Crippen molar-refractivity contribution < 1.29 is 9.90 Å². The minimum Gasteiger partial charge on any atom is -0.481 e. The average molecular weight is 566 g/mol. The number of carbonyl (C=O) groups is 1. The van der Waals surface area contributed by atoms with E-state index >= 15 is 0 Å². The lowest BCUT2D eigenvalue weighted by Gasteiger charge is -2.15. The molecule has 1 aromatic carbocycles. The highest BCUT2D eigenvalue weighted by Crippen LogP contribution is 2.35. The van der Waals surface area contributed by atoms with E-state index < -0.39 is 5.97 Å². The van der Waals surface area contributed by atoms with Gasteiger partial charge in [0.05, 0.1) is 23.8 Å². The number of allylic oxidation sites excluding steroid dienone is 3. The standard InChI is InChI=1S/C27H25Cl2N7O3/c1-3-15(10-24(38)39)9-16(4-2)25-26(29)32-27(31-25)22-8-6-19-11-17(12-23(37)36(19)22)20-13-18(28)5-7-21(20)35-14-30-33-34-35/h3,5,7,9,11-14,22H,4,6,8,10H2,1-2H3,(H,31,32)(H,38,39)/b15-3+,16-9+. The van der Waals surface area contributed by atoms with Gasteiger partial charge in [0.15, 0.2) is 5.15 Å². The quantitative estimate of drug-likeness (QED) is 0.278. The second-order valence-corrected chi connectivity index (χ2v) is 9.95. The molecule has 0 aliphatic carbocycles. The van der Waals surface area contributed by atoms with E-state index in [1.165, 1.54) is 11.0 Å². The third kappa shape index (κ3) is 5.30. The van der Waals surface area contributed by atoms with Gasteiger partial charge in [0.1, 0.15) is 12.2 Å². The van der Waals surface area contributed by atoms with E-state index in [-0.39, 0.29) is 23.2 Å². The Balaban J connectivity index is 1.52. The van der Waals surface area contributed by atoms with Crippen molar-refractivity contribution in [1.29, 1.82) is 0 Å². The minimum absolute atomic E-state index is 0.0892. The predicted octanol–water partition coefficient (Wildman–Crippen LogP) is 5.27. The van der Waals surface area contributed by atoms with Gasteiger partial charge in [0, 0.05) is 22.3 Å². The molecule has 0 bridgehead atoms. The number of hydrogen-bond acceptors (Lipinski definition) is 6. The van der Waals surface area contributed by atoms with Gasteiger partial charge in [-0.15, -0.1) is 5.10 Å². The number of benzene rings is 1. The number of aromatic amines is 1. The van der Waals surface area contributed by atoms with Crippen LogP contribution in [0, 0.1) is 0 Å². The van der Waals surface area contributed by atoms with Crippen molar-refractivity contribution in [3.63, 3.8) is 0 Å². The maximum Gasteiger partial charge on any atom is 0.307 e. The third-order valence-electron chi connectivity index (χ3n) is 6.78. The van der Waals surface area contributed by atoms with E-state index in [1.807, 2.05) is 25.1 Å². The van der Waals surface area contributed by atoms with Crippen LogP contribution in [0.4, 0.5) is 0 Å². The van der Waals surface area contributed by atoms with Gasteiger partial charge < -0.3 is 14.7 Å². The molecule has 4 aromatic rings. The first-order valence-electron chi connectivity index (χ1n) is 12.4. The van der Waals surface area contributed by atoms with E-state index in [1.54, 1.807) is 35.8 Å². The summed E-state index contributed by atoms with van der Waals surface area (Å²) >= 11 is 12.8. The van der Waals surface area contributed by atoms with E-state index in [2.05, 4.69) is 25.5 Å². The smallest absolute Gasteiger partial charge is 0.307 e. The Morgan fingerprint density at radius 1 is 1.26 bits per heavy atom. The Kier molecular flexibility index (Phi) is 7.49. The van der Waals surface area contributed by atoms with Gasteiger partial charge in [-0.3, -0.25) is 9.59 Å². The average Bonchev–Trinajstić information content (AvgIpc) is 3.66. The van der Waals surface area contributed by atoms with Crippen LogP contribution in [0.2, 0.25) is 10.2 Å². The largest absolute Gasteiger partial charge is 0.481 e. The van der Waals surface area contributed by atoms with Crippen LogP contribution < -0.4 is 5.56 Å². The zero-order valence-corrected chi connectivity index (χ0v) is 22.7. The molecule has 4 heterocycles. The van der Waals surface area contributed by atoms with E-state index in [9.17, 15) is 14.7 Å². The first-order valence-corrected chi connectivity index (χ1v) is 13.2. The molecule has 2 N–H and O–H groups in total. The molecule has 0 amide bonds. The number of carboxylic acid groups (broad SMARTS) is 1. The number of rotatable bonds is 8. The number of nitrogens with one attached hydrogen (secondary N) is 1. The topological polar surface area (TPSA) is 132 Å². The number of imidazole rings is 1. The SMILES string of the molecule is C/C=C(\C=C(/CC)c1[nH]c(C2CCc3cc(-c4cc(Cl)ccc4-n4cnnn4)cc(=O)n32)nc1Cl)CC(=O)O. The van der Waals surface area contributed by atoms with Crippen molar-refractivity contribution in [2.24, 2.45) is 0 Å².